The number of nitrogens with one attached hydrogen (secondary N) is 1. The van der Waals surface area contributed by atoms with Gasteiger partial charge in [-0.25, -0.2) is 13.4 Å². The zero-order valence-corrected chi connectivity index (χ0v) is 19.7. The summed E-state index contributed by atoms with van der Waals surface area (Å²) in [5.41, 5.74) is 1.77. The number of rotatable bonds is 7. The van der Waals surface area contributed by atoms with Crippen LogP contribution < -0.4 is 19.7 Å². The maximum atomic E-state index is 13.2. The number of benzene rings is 2. The standard InChI is InChI=1S/C23H27N5O4S/c1-17-15-22(25-18-7-5-4-6-8-18)26-23(24-17)27-11-13-28(14-12-27)33(29,30)19-9-10-20(31-2)21(16-19)32-3/h4-10,15-16H,11-14H2,1-3H3,(H,24,25,26). The first-order valence-corrected chi connectivity index (χ1v) is 12.0. The van der Waals surface area contributed by atoms with Gasteiger partial charge in [0.1, 0.15) is 5.82 Å². The van der Waals surface area contributed by atoms with E-state index in [1.165, 1.54) is 30.7 Å². The summed E-state index contributed by atoms with van der Waals surface area (Å²) in [5, 5.41) is 3.29. The number of anilines is 3. The number of para-hydroxylation sites is 1. The average molecular weight is 470 g/mol. The first kappa shape index (κ1) is 22.8. The molecule has 0 bridgehead atoms. The second kappa shape index (κ2) is 9.63. The maximum absolute atomic E-state index is 13.2. The quantitative estimate of drug-likeness (QED) is 0.564. The summed E-state index contributed by atoms with van der Waals surface area (Å²) in [6, 6.07) is 16.3. The molecule has 1 aliphatic rings. The van der Waals surface area contributed by atoms with E-state index in [0.717, 1.165) is 11.4 Å². The van der Waals surface area contributed by atoms with E-state index < -0.39 is 10.0 Å². The lowest BCUT2D eigenvalue weighted by atomic mass is 10.3. The highest BCUT2D eigenvalue weighted by Crippen LogP contribution is 2.31. The topological polar surface area (TPSA) is 96.9 Å². The van der Waals surface area contributed by atoms with Gasteiger partial charge in [0.2, 0.25) is 16.0 Å². The summed E-state index contributed by atoms with van der Waals surface area (Å²) in [6.45, 7) is 3.55. The van der Waals surface area contributed by atoms with Gasteiger partial charge in [0, 0.05) is 49.7 Å². The molecule has 1 N–H and O–H groups in total. The Morgan fingerprint density at radius 2 is 1.58 bits per heavy atom. The van der Waals surface area contributed by atoms with Crippen molar-refractivity contribution >= 4 is 27.5 Å². The Labute approximate surface area is 194 Å². The van der Waals surface area contributed by atoms with Gasteiger partial charge < -0.3 is 19.7 Å². The maximum Gasteiger partial charge on any atom is 0.243 e. The second-order valence-electron chi connectivity index (χ2n) is 7.59. The monoisotopic (exact) mass is 469 g/mol. The third-order valence-electron chi connectivity index (χ3n) is 5.40. The van der Waals surface area contributed by atoms with Gasteiger partial charge in [-0.15, -0.1) is 0 Å². The van der Waals surface area contributed by atoms with Crippen LogP contribution in [0.15, 0.2) is 59.5 Å². The zero-order valence-electron chi connectivity index (χ0n) is 18.9. The molecule has 2 aromatic carbocycles. The van der Waals surface area contributed by atoms with Gasteiger partial charge in [-0.2, -0.15) is 9.29 Å². The van der Waals surface area contributed by atoms with E-state index in [-0.39, 0.29) is 4.90 Å². The Kier molecular flexibility index (Phi) is 6.66. The highest BCUT2D eigenvalue weighted by Gasteiger charge is 2.30. The summed E-state index contributed by atoms with van der Waals surface area (Å²) >= 11 is 0. The Hall–Kier alpha value is -3.37. The normalized spacial score (nSPS) is 14.7. The molecule has 4 rings (SSSR count). The van der Waals surface area contributed by atoms with Crippen LogP contribution in [0.25, 0.3) is 0 Å². The van der Waals surface area contributed by atoms with Gasteiger partial charge >= 0.3 is 0 Å². The van der Waals surface area contributed by atoms with Crippen LogP contribution in [0.2, 0.25) is 0 Å². The van der Waals surface area contributed by atoms with Crippen molar-refractivity contribution in [1.82, 2.24) is 14.3 Å². The fourth-order valence-electron chi connectivity index (χ4n) is 3.68. The summed E-state index contributed by atoms with van der Waals surface area (Å²) in [4.78, 5) is 11.4. The first-order chi connectivity index (χ1) is 15.9. The average Bonchev–Trinajstić information content (AvgIpc) is 2.84. The third-order valence-corrected chi connectivity index (χ3v) is 7.30. The van der Waals surface area contributed by atoms with Crippen LogP contribution >= 0.6 is 0 Å². The molecule has 1 aliphatic heterocycles. The Morgan fingerprint density at radius 3 is 2.24 bits per heavy atom. The molecule has 0 saturated carbocycles. The van der Waals surface area contributed by atoms with Crippen molar-refractivity contribution in [2.24, 2.45) is 0 Å². The molecule has 1 aromatic heterocycles. The van der Waals surface area contributed by atoms with E-state index >= 15 is 0 Å². The van der Waals surface area contributed by atoms with Crippen LogP contribution in [0.3, 0.4) is 0 Å². The number of sulfonamides is 1. The Morgan fingerprint density at radius 1 is 0.879 bits per heavy atom. The minimum atomic E-state index is -3.66. The molecule has 0 atom stereocenters. The van der Waals surface area contributed by atoms with Crippen LogP contribution in [-0.2, 0) is 10.0 Å². The number of aromatic nitrogens is 2. The Bertz CT molecular complexity index is 1210. The minimum absolute atomic E-state index is 0.176. The zero-order chi connectivity index (χ0) is 23.4. The van der Waals surface area contributed by atoms with Crippen molar-refractivity contribution < 1.29 is 17.9 Å². The number of hydrogen-bond donors (Lipinski definition) is 1. The molecule has 0 radical (unpaired) electrons. The van der Waals surface area contributed by atoms with E-state index in [1.54, 1.807) is 6.07 Å². The van der Waals surface area contributed by atoms with Crippen molar-refractivity contribution in [3.8, 4) is 11.5 Å². The fraction of sp³-hybridized carbons (Fsp3) is 0.304. The number of piperazine rings is 1. The third kappa shape index (κ3) is 5.01. The van der Waals surface area contributed by atoms with Crippen molar-refractivity contribution in [2.75, 3.05) is 50.6 Å². The second-order valence-corrected chi connectivity index (χ2v) is 9.53. The van der Waals surface area contributed by atoms with Crippen LogP contribution in [0, 0.1) is 6.92 Å². The smallest absolute Gasteiger partial charge is 0.243 e. The number of hydrogen-bond acceptors (Lipinski definition) is 8. The Balaban J connectivity index is 1.47. The molecular formula is C23H27N5O4S. The molecule has 10 heteroatoms. The molecule has 1 fully saturated rings. The minimum Gasteiger partial charge on any atom is -0.493 e. The molecule has 9 nitrogen and oxygen atoms in total. The van der Waals surface area contributed by atoms with E-state index in [9.17, 15) is 8.42 Å². The van der Waals surface area contributed by atoms with Gasteiger partial charge in [-0.3, -0.25) is 0 Å². The highest BCUT2D eigenvalue weighted by molar-refractivity contribution is 7.89. The van der Waals surface area contributed by atoms with Crippen molar-refractivity contribution in [3.05, 3.63) is 60.3 Å². The van der Waals surface area contributed by atoms with Crippen molar-refractivity contribution in [1.29, 1.82) is 0 Å². The van der Waals surface area contributed by atoms with Crippen LogP contribution in [-0.4, -0.2) is 63.1 Å². The number of methoxy groups -OCH3 is 2. The molecule has 3 aromatic rings. The van der Waals surface area contributed by atoms with Gasteiger partial charge in [0.05, 0.1) is 19.1 Å². The summed E-state index contributed by atoms with van der Waals surface area (Å²) < 4.78 is 38.3. The molecular weight excluding hydrogens is 442 g/mol. The predicted octanol–water partition coefficient (Wildman–Crippen LogP) is 3.06. The van der Waals surface area contributed by atoms with Crippen LogP contribution in [0.4, 0.5) is 17.5 Å². The van der Waals surface area contributed by atoms with E-state index in [4.69, 9.17) is 9.47 Å². The molecule has 0 aliphatic carbocycles. The molecule has 0 unspecified atom stereocenters. The largest absolute Gasteiger partial charge is 0.493 e. The van der Waals surface area contributed by atoms with Gasteiger partial charge in [-0.1, -0.05) is 18.2 Å². The summed E-state index contributed by atoms with van der Waals surface area (Å²) in [5.74, 6) is 2.14. The van der Waals surface area contributed by atoms with E-state index in [0.29, 0.717) is 49.4 Å². The summed E-state index contributed by atoms with van der Waals surface area (Å²) in [7, 11) is -0.669. The molecule has 1 saturated heterocycles. The van der Waals surface area contributed by atoms with Crippen molar-refractivity contribution in [2.45, 2.75) is 11.8 Å². The van der Waals surface area contributed by atoms with E-state index in [2.05, 4.69) is 15.3 Å². The predicted molar refractivity (Wildman–Crippen MR) is 127 cm³/mol. The molecule has 2 heterocycles. The lowest BCUT2D eigenvalue weighted by Gasteiger charge is -2.34. The van der Waals surface area contributed by atoms with Crippen molar-refractivity contribution in [3.63, 3.8) is 0 Å². The summed E-state index contributed by atoms with van der Waals surface area (Å²) in [6.07, 6.45) is 0. The van der Waals surface area contributed by atoms with Gasteiger partial charge in [0.25, 0.3) is 0 Å². The first-order valence-electron chi connectivity index (χ1n) is 10.6. The van der Waals surface area contributed by atoms with Crippen LogP contribution in [0.1, 0.15) is 5.69 Å². The number of ether oxygens (including phenoxy) is 2. The van der Waals surface area contributed by atoms with E-state index in [1.807, 2.05) is 48.2 Å². The van der Waals surface area contributed by atoms with Crippen LogP contribution in [0.5, 0.6) is 11.5 Å². The highest BCUT2D eigenvalue weighted by atomic mass is 32.2. The fourth-order valence-corrected chi connectivity index (χ4v) is 5.12. The SMILES string of the molecule is COc1ccc(S(=O)(=O)N2CCN(c3nc(C)cc(Nc4ccccc4)n3)CC2)cc1OC. The molecule has 0 amide bonds. The van der Waals surface area contributed by atoms with Gasteiger partial charge in [-0.05, 0) is 31.2 Å². The lowest BCUT2D eigenvalue weighted by Crippen LogP contribution is -2.49. The molecule has 174 valence electrons. The number of nitrogens with zero attached hydrogens (tertiary/aromatic N) is 4. The van der Waals surface area contributed by atoms with Gasteiger partial charge in [0.15, 0.2) is 11.5 Å². The number of aryl methyl sites for hydroxylation is 1. The molecule has 0 spiro atoms. The molecule has 33 heavy (non-hydrogen) atoms. The lowest BCUT2D eigenvalue weighted by molar-refractivity contribution is 0.353.